The molecule has 0 spiro atoms. The molecule has 2 aromatic rings. The minimum atomic E-state index is -3.45. The molecule has 32 heavy (non-hydrogen) atoms. The Morgan fingerprint density at radius 2 is 1.66 bits per heavy atom. The van der Waals surface area contributed by atoms with E-state index in [0.29, 0.717) is 5.69 Å². The van der Waals surface area contributed by atoms with Crippen LogP contribution in [0.25, 0.3) is 0 Å². The van der Waals surface area contributed by atoms with Crippen LogP contribution < -0.4 is 16.0 Å². The number of hydrogen-bond donors (Lipinski definition) is 3. The van der Waals surface area contributed by atoms with E-state index < -0.39 is 33.1 Å². The molecule has 0 aliphatic rings. The van der Waals surface area contributed by atoms with E-state index in [-0.39, 0.29) is 27.1 Å². The lowest BCUT2D eigenvalue weighted by Gasteiger charge is -2.21. The summed E-state index contributed by atoms with van der Waals surface area (Å²) in [7, 11) is -3.45. The quantitative estimate of drug-likeness (QED) is 0.585. The lowest BCUT2D eigenvalue weighted by Crippen LogP contribution is -2.46. The number of sulfone groups is 1. The van der Waals surface area contributed by atoms with E-state index in [9.17, 15) is 22.8 Å². The Kier molecular flexibility index (Phi) is 7.69. The van der Waals surface area contributed by atoms with Crippen molar-refractivity contribution in [1.29, 1.82) is 0 Å². The van der Waals surface area contributed by atoms with E-state index in [1.54, 1.807) is 33.8 Å². The number of amides is 3. The summed E-state index contributed by atoms with van der Waals surface area (Å²) < 4.78 is 23.4. The van der Waals surface area contributed by atoms with E-state index in [0.717, 1.165) is 6.26 Å². The summed E-state index contributed by atoms with van der Waals surface area (Å²) in [6, 6.07) is 9.40. The molecule has 0 saturated carbocycles. The standard InChI is InChI=1S/C22H26ClN3O5S/c1-13(24-21(29)22(2,3)4)19(27)25-15-9-10-18(17(23)12-15)26-20(28)14-7-6-8-16(11-14)32(5,30)31/h6-13H,1-5H3,(H,24,29)(H,25,27)(H,26,28). The maximum atomic E-state index is 12.5. The fraction of sp³-hybridized carbons (Fsp3) is 0.318. The molecule has 0 aromatic heterocycles. The van der Waals surface area contributed by atoms with Crippen LogP contribution in [0.3, 0.4) is 0 Å². The van der Waals surface area contributed by atoms with Gasteiger partial charge in [-0.2, -0.15) is 0 Å². The summed E-state index contributed by atoms with van der Waals surface area (Å²) >= 11 is 6.24. The van der Waals surface area contributed by atoms with Crippen LogP contribution in [0, 0.1) is 5.41 Å². The van der Waals surface area contributed by atoms with Crippen LogP contribution in [-0.4, -0.2) is 38.4 Å². The van der Waals surface area contributed by atoms with Crippen LogP contribution in [-0.2, 0) is 19.4 Å². The molecular formula is C22H26ClN3O5S. The van der Waals surface area contributed by atoms with Gasteiger partial charge in [-0.05, 0) is 43.3 Å². The summed E-state index contributed by atoms with van der Waals surface area (Å²) in [5.41, 5.74) is 0.200. The number of benzene rings is 2. The van der Waals surface area contributed by atoms with Gasteiger partial charge in [0.15, 0.2) is 9.84 Å². The SMILES string of the molecule is CC(NC(=O)C(C)(C)C)C(=O)Nc1ccc(NC(=O)c2cccc(S(C)(=O)=O)c2)c(Cl)c1. The molecule has 0 radical (unpaired) electrons. The maximum Gasteiger partial charge on any atom is 0.255 e. The molecule has 1 unspecified atom stereocenters. The summed E-state index contributed by atoms with van der Waals surface area (Å²) in [6.07, 6.45) is 1.06. The zero-order chi connectivity index (χ0) is 24.3. The van der Waals surface area contributed by atoms with Crippen molar-refractivity contribution in [3.05, 3.63) is 53.1 Å². The summed E-state index contributed by atoms with van der Waals surface area (Å²) in [6.45, 7) is 6.81. The van der Waals surface area contributed by atoms with Crippen LogP contribution in [0.5, 0.6) is 0 Å². The van der Waals surface area contributed by atoms with Gasteiger partial charge in [-0.1, -0.05) is 38.4 Å². The summed E-state index contributed by atoms with van der Waals surface area (Å²) in [5.74, 6) is -1.21. The first-order valence-electron chi connectivity index (χ1n) is 9.71. The molecule has 0 bridgehead atoms. The molecule has 172 valence electrons. The first-order chi connectivity index (χ1) is 14.7. The van der Waals surface area contributed by atoms with Crippen molar-refractivity contribution in [3.63, 3.8) is 0 Å². The van der Waals surface area contributed by atoms with Crippen molar-refractivity contribution in [2.45, 2.75) is 38.6 Å². The van der Waals surface area contributed by atoms with Crippen LogP contribution in [0.2, 0.25) is 5.02 Å². The predicted octanol–water partition coefficient (Wildman–Crippen LogP) is 3.49. The lowest BCUT2D eigenvalue weighted by molar-refractivity contribution is -0.131. The number of nitrogens with one attached hydrogen (secondary N) is 3. The molecule has 8 nitrogen and oxygen atoms in total. The molecule has 0 aliphatic heterocycles. The smallest absolute Gasteiger partial charge is 0.255 e. The minimum Gasteiger partial charge on any atom is -0.344 e. The Morgan fingerprint density at radius 3 is 2.22 bits per heavy atom. The van der Waals surface area contributed by atoms with Gasteiger partial charge in [-0.15, -0.1) is 0 Å². The van der Waals surface area contributed by atoms with Crippen molar-refractivity contribution < 1.29 is 22.8 Å². The lowest BCUT2D eigenvalue weighted by atomic mass is 9.95. The Morgan fingerprint density at radius 1 is 1.00 bits per heavy atom. The summed E-state index contributed by atoms with van der Waals surface area (Å²) in [4.78, 5) is 36.9. The van der Waals surface area contributed by atoms with Gasteiger partial charge in [0, 0.05) is 22.9 Å². The highest BCUT2D eigenvalue weighted by Gasteiger charge is 2.25. The van der Waals surface area contributed by atoms with Crippen LogP contribution in [0.1, 0.15) is 38.1 Å². The minimum absolute atomic E-state index is 0.0296. The highest BCUT2D eigenvalue weighted by atomic mass is 35.5. The normalized spacial score (nSPS) is 12.6. The first-order valence-corrected chi connectivity index (χ1v) is 12.0. The number of halogens is 1. The van der Waals surface area contributed by atoms with Gasteiger partial charge in [0.25, 0.3) is 5.91 Å². The van der Waals surface area contributed by atoms with Gasteiger partial charge in [-0.25, -0.2) is 8.42 Å². The Balaban J connectivity index is 2.08. The number of hydrogen-bond acceptors (Lipinski definition) is 5. The summed E-state index contributed by atoms with van der Waals surface area (Å²) in [5, 5.41) is 8.08. The molecule has 0 fully saturated rings. The third-order valence-corrected chi connectivity index (χ3v) is 5.85. The molecule has 0 saturated heterocycles. The molecule has 3 N–H and O–H groups in total. The number of rotatable bonds is 6. The second-order valence-electron chi connectivity index (χ2n) is 8.38. The largest absolute Gasteiger partial charge is 0.344 e. The topological polar surface area (TPSA) is 121 Å². The third-order valence-electron chi connectivity index (χ3n) is 4.43. The Labute approximate surface area is 192 Å². The second-order valence-corrected chi connectivity index (χ2v) is 10.8. The number of carbonyl (C=O) groups excluding carboxylic acids is 3. The first kappa shape index (κ1) is 25.4. The van der Waals surface area contributed by atoms with Crippen molar-refractivity contribution in [2.75, 3.05) is 16.9 Å². The molecule has 1 atom stereocenters. The van der Waals surface area contributed by atoms with Gasteiger partial charge in [-0.3, -0.25) is 14.4 Å². The molecule has 0 aliphatic carbocycles. The zero-order valence-corrected chi connectivity index (χ0v) is 20.0. The van der Waals surface area contributed by atoms with Gasteiger partial charge in [0.1, 0.15) is 6.04 Å². The highest BCUT2D eigenvalue weighted by molar-refractivity contribution is 7.90. The van der Waals surface area contributed by atoms with E-state index in [4.69, 9.17) is 11.6 Å². The molecular weight excluding hydrogens is 454 g/mol. The fourth-order valence-electron chi connectivity index (χ4n) is 2.49. The van der Waals surface area contributed by atoms with E-state index >= 15 is 0 Å². The van der Waals surface area contributed by atoms with Crippen molar-refractivity contribution in [1.82, 2.24) is 5.32 Å². The van der Waals surface area contributed by atoms with Crippen LogP contribution >= 0.6 is 11.6 Å². The van der Waals surface area contributed by atoms with E-state index in [1.807, 2.05) is 0 Å². The van der Waals surface area contributed by atoms with Crippen molar-refractivity contribution >= 4 is 50.5 Å². The number of anilines is 2. The van der Waals surface area contributed by atoms with Gasteiger partial charge < -0.3 is 16.0 Å². The second kappa shape index (κ2) is 9.70. The average molecular weight is 480 g/mol. The average Bonchev–Trinajstić information content (AvgIpc) is 2.68. The third kappa shape index (κ3) is 6.80. The maximum absolute atomic E-state index is 12.5. The Bertz CT molecular complexity index is 1160. The Hall–Kier alpha value is -2.91. The van der Waals surface area contributed by atoms with Gasteiger partial charge in [0.2, 0.25) is 11.8 Å². The number of carbonyl (C=O) groups is 3. The molecule has 10 heteroatoms. The van der Waals surface area contributed by atoms with Crippen LogP contribution in [0.15, 0.2) is 47.4 Å². The van der Waals surface area contributed by atoms with Gasteiger partial charge in [0.05, 0.1) is 15.6 Å². The molecule has 3 amide bonds. The highest BCUT2D eigenvalue weighted by Crippen LogP contribution is 2.26. The monoisotopic (exact) mass is 479 g/mol. The predicted molar refractivity (Wildman–Crippen MR) is 125 cm³/mol. The molecule has 2 rings (SSSR count). The molecule has 0 heterocycles. The molecule has 2 aromatic carbocycles. The van der Waals surface area contributed by atoms with Crippen molar-refractivity contribution in [3.8, 4) is 0 Å². The van der Waals surface area contributed by atoms with Gasteiger partial charge >= 0.3 is 0 Å². The zero-order valence-electron chi connectivity index (χ0n) is 18.4. The van der Waals surface area contributed by atoms with E-state index in [1.165, 1.54) is 36.4 Å². The fourth-order valence-corrected chi connectivity index (χ4v) is 3.38. The van der Waals surface area contributed by atoms with Crippen LogP contribution in [0.4, 0.5) is 11.4 Å². The van der Waals surface area contributed by atoms with Crippen molar-refractivity contribution in [2.24, 2.45) is 5.41 Å². The van der Waals surface area contributed by atoms with E-state index in [2.05, 4.69) is 16.0 Å².